The highest BCUT2D eigenvalue weighted by Crippen LogP contribution is 2.22. The van der Waals surface area contributed by atoms with Gasteiger partial charge in [-0.1, -0.05) is 48.8 Å². The molecule has 3 amide bonds. The molecule has 202 valence electrons. The third kappa shape index (κ3) is 7.48. The molecule has 0 spiro atoms. The third-order valence-corrected chi connectivity index (χ3v) is 7.06. The van der Waals surface area contributed by atoms with Gasteiger partial charge in [0, 0.05) is 23.2 Å². The van der Waals surface area contributed by atoms with E-state index in [4.69, 9.17) is 0 Å². The molecule has 39 heavy (non-hydrogen) atoms. The maximum absolute atomic E-state index is 13.5. The second-order valence-electron chi connectivity index (χ2n) is 8.97. The monoisotopic (exact) mass is 547 g/mol. The smallest absolute Gasteiger partial charge is 0.307 e. The predicted octanol–water partition coefficient (Wildman–Crippen LogP) is 4.44. The quantitative estimate of drug-likeness (QED) is 0.266. The van der Waals surface area contributed by atoms with Crippen LogP contribution in [0.3, 0.4) is 0 Å². The van der Waals surface area contributed by atoms with Crippen LogP contribution < -0.4 is 15.5 Å². The van der Waals surface area contributed by atoms with E-state index < -0.39 is 21.8 Å². The Bertz CT molecular complexity index is 1520. The highest BCUT2D eigenvalue weighted by atomic mass is 32.2. The van der Waals surface area contributed by atoms with Gasteiger partial charge in [0.2, 0.25) is 0 Å². The van der Waals surface area contributed by atoms with E-state index >= 15 is 0 Å². The summed E-state index contributed by atoms with van der Waals surface area (Å²) in [7, 11) is -3.43. The Morgan fingerprint density at radius 3 is 2.31 bits per heavy atom. The first-order valence-corrected chi connectivity index (χ1v) is 14.2. The van der Waals surface area contributed by atoms with Crippen LogP contribution in [0, 0.1) is 0 Å². The number of nitrogens with zero attached hydrogens (tertiary/aromatic N) is 4. The van der Waals surface area contributed by atoms with Crippen LogP contribution in [0.4, 0.5) is 22.1 Å². The number of sulfone groups is 1. The van der Waals surface area contributed by atoms with E-state index in [1.807, 2.05) is 24.3 Å². The number of benzene rings is 3. The lowest BCUT2D eigenvalue weighted by Gasteiger charge is -2.24. The van der Waals surface area contributed by atoms with Crippen LogP contribution in [0.2, 0.25) is 0 Å². The zero-order valence-electron chi connectivity index (χ0n) is 21.6. The van der Waals surface area contributed by atoms with Crippen LogP contribution >= 0.6 is 0 Å². The van der Waals surface area contributed by atoms with Crippen molar-refractivity contribution in [3.63, 3.8) is 0 Å². The summed E-state index contributed by atoms with van der Waals surface area (Å²) in [4.78, 5) is 27.6. The average Bonchev–Trinajstić information content (AvgIpc) is 3.44. The number of aromatic nitrogens is 4. The minimum absolute atomic E-state index is 0.0641. The van der Waals surface area contributed by atoms with Crippen LogP contribution in [0.1, 0.15) is 41.3 Å². The molecule has 1 heterocycles. The molecule has 3 aromatic carbocycles. The number of hydrogen-bond acceptors (Lipinski definition) is 7. The minimum Gasteiger partial charge on any atom is -0.307 e. The largest absolute Gasteiger partial charge is 0.326 e. The van der Waals surface area contributed by atoms with Crippen molar-refractivity contribution in [3.05, 3.63) is 89.5 Å². The Morgan fingerprint density at radius 1 is 0.949 bits per heavy atom. The molecule has 4 rings (SSSR count). The van der Waals surface area contributed by atoms with Crippen LogP contribution in [0.5, 0.6) is 0 Å². The summed E-state index contributed by atoms with van der Waals surface area (Å²) < 4.78 is 24.0. The summed E-state index contributed by atoms with van der Waals surface area (Å²) in [5, 5.41) is 18.4. The van der Waals surface area contributed by atoms with Gasteiger partial charge in [0.1, 0.15) is 0 Å². The summed E-state index contributed by atoms with van der Waals surface area (Å²) in [6, 6.07) is 20.3. The van der Waals surface area contributed by atoms with Crippen molar-refractivity contribution in [2.75, 3.05) is 21.8 Å². The van der Waals surface area contributed by atoms with Gasteiger partial charge in [-0.2, -0.15) is 5.21 Å². The molecule has 3 N–H and O–H groups in total. The van der Waals surface area contributed by atoms with E-state index in [-0.39, 0.29) is 17.4 Å². The molecule has 0 aliphatic carbocycles. The maximum atomic E-state index is 13.5. The van der Waals surface area contributed by atoms with E-state index in [1.165, 1.54) is 17.7 Å². The fourth-order valence-electron chi connectivity index (χ4n) is 3.83. The Hall–Kier alpha value is -4.58. The number of urea groups is 1. The lowest BCUT2D eigenvalue weighted by molar-refractivity contribution is 0.102. The van der Waals surface area contributed by atoms with E-state index in [0.29, 0.717) is 16.9 Å². The van der Waals surface area contributed by atoms with Gasteiger partial charge in [-0.15, -0.1) is 5.10 Å². The molecule has 0 unspecified atom stereocenters. The summed E-state index contributed by atoms with van der Waals surface area (Å²) >= 11 is 0. The number of carbonyl (C=O) groups is 2. The molecule has 11 nitrogen and oxygen atoms in total. The number of rotatable bonds is 10. The van der Waals surface area contributed by atoms with Gasteiger partial charge in [0.05, 0.1) is 11.4 Å². The van der Waals surface area contributed by atoms with Gasteiger partial charge in [0.25, 0.3) is 11.9 Å². The molecule has 0 fully saturated rings. The van der Waals surface area contributed by atoms with E-state index in [9.17, 15) is 18.0 Å². The molecule has 4 aromatic rings. The normalized spacial score (nSPS) is 11.1. The fraction of sp³-hybridized carbons (Fsp3) is 0.222. The number of carbonyl (C=O) groups excluding carboxylic acids is 2. The molecule has 0 aliphatic heterocycles. The molecule has 0 aliphatic rings. The highest BCUT2D eigenvalue weighted by molar-refractivity contribution is 7.90. The Kier molecular flexibility index (Phi) is 8.67. The van der Waals surface area contributed by atoms with E-state index in [1.54, 1.807) is 41.3 Å². The van der Waals surface area contributed by atoms with Crippen molar-refractivity contribution in [1.29, 1.82) is 0 Å². The van der Waals surface area contributed by atoms with E-state index in [2.05, 4.69) is 38.2 Å². The molecule has 12 heteroatoms. The number of aromatic amines is 1. The Balaban J connectivity index is 1.55. The summed E-state index contributed by atoms with van der Waals surface area (Å²) in [5.41, 5.74) is 3.38. The van der Waals surface area contributed by atoms with Gasteiger partial charge in [-0.25, -0.2) is 13.2 Å². The Morgan fingerprint density at radius 2 is 1.67 bits per heavy atom. The molecular weight excluding hydrogens is 518 g/mol. The molecular formula is C27H29N7O4S. The number of amides is 3. The Labute approximate surface area is 226 Å². The van der Waals surface area contributed by atoms with Gasteiger partial charge < -0.3 is 5.32 Å². The predicted molar refractivity (Wildman–Crippen MR) is 148 cm³/mol. The van der Waals surface area contributed by atoms with E-state index in [0.717, 1.165) is 31.1 Å². The maximum Gasteiger partial charge on any atom is 0.326 e. The number of aryl methyl sites for hydroxylation is 1. The summed E-state index contributed by atoms with van der Waals surface area (Å²) in [6.45, 7) is 2.35. The molecule has 0 saturated carbocycles. The second kappa shape index (κ2) is 12.3. The molecule has 0 radical (unpaired) electrons. The first-order valence-electron chi connectivity index (χ1n) is 12.3. The zero-order chi connectivity index (χ0) is 27.8. The standard InChI is InChI=1S/C27H29N7O4S/c1-3-4-6-19-11-15-23(16-12-19)34(27(36)28-22-7-5-8-24(17-22)39(2,37)38)18-20-9-13-21(14-10-20)25(35)29-26-30-32-33-31-26/h5,7-17H,3-4,6,18H2,1-2H3,(H,28,36)(H2,29,30,31,32,33,35). The highest BCUT2D eigenvalue weighted by Gasteiger charge is 2.18. The van der Waals surface area contributed by atoms with Gasteiger partial charge in [-0.3, -0.25) is 15.0 Å². The lowest BCUT2D eigenvalue weighted by atomic mass is 10.1. The first-order chi connectivity index (χ1) is 18.7. The van der Waals surface area contributed by atoms with Crippen LogP contribution in [0.25, 0.3) is 0 Å². The number of tetrazole rings is 1. The first kappa shape index (κ1) is 27.5. The van der Waals surface area contributed by atoms with Crippen molar-refractivity contribution in [3.8, 4) is 0 Å². The van der Waals surface area contributed by atoms with Gasteiger partial charge >= 0.3 is 6.03 Å². The molecule has 1 aromatic heterocycles. The average molecular weight is 548 g/mol. The number of unbranched alkanes of at least 4 members (excludes halogenated alkanes) is 1. The topological polar surface area (TPSA) is 150 Å². The summed E-state index contributed by atoms with van der Waals surface area (Å²) in [6.07, 6.45) is 4.24. The van der Waals surface area contributed by atoms with Crippen molar-refractivity contribution >= 4 is 39.1 Å². The SMILES string of the molecule is CCCCc1ccc(N(Cc2ccc(C(=O)Nc3nn[nH]n3)cc2)C(=O)Nc2cccc(S(C)(=O)=O)c2)cc1. The number of nitrogens with one attached hydrogen (secondary N) is 3. The van der Waals surface area contributed by atoms with Crippen molar-refractivity contribution in [2.45, 2.75) is 37.6 Å². The lowest BCUT2D eigenvalue weighted by Crippen LogP contribution is -2.34. The van der Waals surface area contributed by atoms with Crippen molar-refractivity contribution in [1.82, 2.24) is 20.6 Å². The number of hydrogen-bond donors (Lipinski definition) is 3. The van der Waals surface area contributed by atoms with Gasteiger partial charge in [0.15, 0.2) is 9.84 Å². The molecule has 0 bridgehead atoms. The van der Waals surface area contributed by atoms with Gasteiger partial charge in [-0.05, 0) is 71.6 Å². The fourth-order valence-corrected chi connectivity index (χ4v) is 4.50. The second-order valence-corrected chi connectivity index (χ2v) is 11.0. The number of anilines is 3. The molecule has 0 atom stereocenters. The molecule has 0 saturated heterocycles. The minimum atomic E-state index is -3.43. The summed E-state index contributed by atoms with van der Waals surface area (Å²) in [5.74, 6) is -0.333. The van der Waals surface area contributed by atoms with Crippen molar-refractivity contribution < 1.29 is 18.0 Å². The number of H-pyrrole nitrogens is 1. The van der Waals surface area contributed by atoms with Crippen molar-refractivity contribution in [2.24, 2.45) is 0 Å². The van der Waals surface area contributed by atoms with Crippen LogP contribution in [-0.4, -0.2) is 47.2 Å². The zero-order valence-corrected chi connectivity index (χ0v) is 22.4. The van der Waals surface area contributed by atoms with Crippen LogP contribution in [-0.2, 0) is 22.8 Å². The van der Waals surface area contributed by atoms with Crippen LogP contribution in [0.15, 0.2) is 77.7 Å². The third-order valence-electron chi connectivity index (χ3n) is 5.95.